The highest BCUT2D eigenvalue weighted by atomic mass is 32.1. The molecule has 0 fully saturated rings. The lowest BCUT2D eigenvalue weighted by molar-refractivity contribution is 1.12. The van der Waals surface area contributed by atoms with Crippen LogP contribution in [0.3, 0.4) is 0 Å². The fourth-order valence-electron chi connectivity index (χ4n) is 1.11. The van der Waals surface area contributed by atoms with Crippen LogP contribution in [0.25, 0.3) is 0 Å². The fourth-order valence-corrected chi connectivity index (χ4v) is 1.84. The molecule has 1 aromatic rings. The summed E-state index contributed by atoms with van der Waals surface area (Å²) in [7, 11) is 0. The van der Waals surface area contributed by atoms with Crippen LogP contribution in [0.15, 0.2) is 35.7 Å². The van der Waals surface area contributed by atoms with Gasteiger partial charge in [-0.2, -0.15) is 0 Å². The quantitative estimate of drug-likeness (QED) is 0.664. The second-order valence-electron chi connectivity index (χ2n) is 2.89. The summed E-state index contributed by atoms with van der Waals surface area (Å²) in [5.74, 6) is 0. The van der Waals surface area contributed by atoms with Crippen LogP contribution in [0.4, 0.5) is 0 Å². The Morgan fingerprint density at radius 1 is 1.08 bits per heavy atom. The molecule has 0 amide bonds. The van der Waals surface area contributed by atoms with Crippen LogP contribution in [-0.2, 0) is 12.8 Å². The second-order valence-corrected chi connectivity index (χ2v) is 3.92. The zero-order chi connectivity index (χ0) is 9.52. The molecular weight excluding hydrogens is 176 g/mol. The summed E-state index contributed by atoms with van der Waals surface area (Å²) in [6.45, 7) is 4.39. The zero-order valence-corrected chi connectivity index (χ0v) is 9.10. The summed E-state index contributed by atoms with van der Waals surface area (Å²) < 4.78 is 0. The molecule has 0 aliphatic rings. The minimum Gasteiger partial charge on any atom is -0.149 e. The van der Waals surface area contributed by atoms with Crippen molar-refractivity contribution in [1.82, 2.24) is 0 Å². The van der Waals surface area contributed by atoms with E-state index in [1.807, 2.05) is 11.3 Å². The van der Waals surface area contributed by atoms with Gasteiger partial charge in [-0.25, -0.2) is 0 Å². The van der Waals surface area contributed by atoms with Crippen molar-refractivity contribution in [3.63, 3.8) is 0 Å². The lowest BCUT2D eigenvalue weighted by atomic mass is 10.2. The molecule has 1 aromatic heterocycles. The minimum atomic E-state index is 1.11. The van der Waals surface area contributed by atoms with Crippen molar-refractivity contribution in [3.05, 3.63) is 46.2 Å². The first kappa shape index (κ1) is 10.3. The molecule has 0 bridgehead atoms. The molecule has 1 rings (SSSR count). The Morgan fingerprint density at radius 2 is 1.92 bits per heavy atom. The molecule has 0 nitrogen and oxygen atoms in total. The highest BCUT2D eigenvalue weighted by Gasteiger charge is 1.87. The number of aryl methyl sites for hydroxylation is 2. The van der Waals surface area contributed by atoms with Gasteiger partial charge in [0.05, 0.1) is 0 Å². The van der Waals surface area contributed by atoms with Gasteiger partial charge in [0.1, 0.15) is 0 Å². The van der Waals surface area contributed by atoms with E-state index in [9.17, 15) is 0 Å². The molecule has 13 heavy (non-hydrogen) atoms. The fraction of sp³-hybridized carbons (Fsp3) is 0.333. The van der Waals surface area contributed by atoms with Gasteiger partial charge in [-0.3, -0.25) is 0 Å². The van der Waals surface area contributed by atoms with E-state index in [1.165, 1.54) is 10.4 Å². The summed E-state index contributed by atoms with van der Waals surface area (Å²) in [5.41, 5.74) is 1.41. The molecule has 0 aliphatic carbocycles. The van der Waals surface area contributed by atoms with Crippen LogP contribution >= 0.6 is 11.3 Å². The maximum Gasteiger partial charge on any atom is 0.00449 e. The Labute approximate surface area is 84.6 Å². The minimum absolute atomic E-state index is 1.11. The Morgan fingerprint density at radius 3 is 2.62 bits per heavy atom. The first-order valence-corrected chi connectivity index (χ1v) is 5.64. The van der Waals surface area contributed by atoms with Crippen molar-refractivity contribution >= 4 is 11.3 Å². The van der Waals surface area contributed by atoms with Crippen LogP contribution in [0.2, 0.25) is 0 Å². The number of hydrogen-bond donors (Lipinski definition) is 0. The van der Waals surface area contributed by atoms with E-state index >= 15 is 0 Å². The van der Waals surface area contributed by atoms with Crippen LogP contribution in [0.5, 0.6) is 0 Å². The highest BCUT2D eigenvalue weighted by molar-refractivity contribution is 7.09. The lowest BCUT2D eigenvalue weighted by Crippen LogP contribution is -1.77. The molecule has 1 heterocycles. The van der Waals surface area contributed by atoms with E-state index in [2.05, 4.69) is 49.6 Å². The van der Waals surface area contributed by atoms with Gasteiger partial charge in [-0.1, -0.05) is 38.1 Å². The SMILES string of the molecule is CCc1cccccsc(CC)c1. The summed E-state index contributed by atoms with van der Waals surface area (Å²) in [6.07, 6.45) is 2.22. The third-order valence-corrected chi connectivity index (χ3v) is 2.94. The molecule has 0 aliphatic heterocycles. The molecule has 0 saturated heterocycles. The first-order chi connectivity index (χ1) is 6.36. The molecular formula is C12H16S. The molecule has 0 aromatic carbocycles. The van der Waals surface area contributed by atoms with E-state index in [4.69, 9.17) is 0 Å². The van der Waals surface area contributed by atoms with Crippen molar-refractivity contribution in [2.24, 2.45) is 0 Å². The standard InChI is InChI=1S/C12H16S/c1-3-11-8-6-5-7-9-13-12(4-2)10-11/h5-10H,3-4H2,1-2H3. The first-order valence-electron chi connectivity index (χ1n) is 4.76. The van der Waals surface area contributed by atoms with Gasteiger partial charge >= 0.3 is 0 Å². The van der Waals surface area contributed by atoms with E-state index in [1.54, 1.807) is 0 Å². The Balaban J connectivity index is 3.20. The smallest absolute Gasteiger partial charge is 0.00449 e. The van der Waals surface area contributed by atoms with Crippen molar-refractivity contribution in [3.8, 4) is 0 Å². The van der Waals surface area contributed by atoms with E-state index in [-0.39, 0.29) is 0 Å². The van der Waals surface area contributed by atoms with Crippen LogP contribution < -0.4 is 0 Å². The summed E-state index contributed by atoms with van der Waals surface area (Å²) in [6, 6.07) is 10.7. The predicted molar refractivity (Wildman–Crippen MR) is 60.7 cm³/mol. The maximum absolute atomic E-state index is 2.30. The molecule has 0 atom stereocenters. The molecule has 0 N–H and O–H groups in total. The van der Waals surface area contributed by atoms with Crippen LogP contribution in [0, 0.1) is 0 Å². The van der Waals surface area contributed by atoms with E-state index in [0.29, 0.717) is 0 Å². The van der Waals surface area contributed by atoms with Gasteiger partial charge < -0.3 is 0 Å². The van der Waals surface area contributed by atoms with Gasteiger partial charge in [-0.05, 0) is 29.9 Å². The molecule has 0 radical (unpaired) electrons. The Kier molecular flexibility index (Phi) is 4.55. The normalized spacial score (nSPS) is 9.38. The predicted octanol–water partition coefficient (Wildman–Crippen LogP) is 4.00. The molecule has 1 heteroatoms. The molecule has 0 saturated carbocycles. The molecule has 70 valence electrons. The van der Waals surface area contributed by atoms with Crippen LogP contribution in [0.1, 0.15) is 24.3 Å². The largest absolute Gasteiger partial charge is 0.149 e. The summed E-state index contributed by atoms with van der Waals surface area (Å²) in [4.78, 5) is 1.44. The number of hydrogen-bond acceptors (Lipinski definition) is 1. The monoisotopic (exact) mass is 192 g/mol. The average molecular weight is 192 g/mol. The highest BCUT2D eigenvalue weighted by Crippen LogP contribution is 2.08. The van der Waals surface area contributed by atoms with Gasteiger partial charge in [0.2, 0.25) is 0 Å². The number of rotatable bonds is 2. The van der Waals surface area contributed by atoms with Crippen molar-refractivity contribution in [1.29, 1.82) is 0 Å². The van der Waals surface area contributed by atoms with Gasteiger partial charge in [-0.15, -0.1) is 11.3 Å². The average Bonchev–Trinajstić information content (AvgIpc) is 2.28. The second kappa shape index (κ2) is 5.76. The van der Waals surface area contributed by atoms with Crippen LogP contribution in [-0.4, -0.2) is 0 Å². The van der Waals surface area contributed by atoms with Gasteiger partial charge in [0.15, 0.2) is 0 Å². The Hall–Kier alpha value is -0.820. The van der Waals surface area contributed by atoms with Gasteiger partial charge in [0.25, 0.3) is 0 Å². The summed E-state index contributed by atoms with van der Waals surface area (Å²) >= 11 is 1.82. The molecule has 0 spiro atoms. The zero-order valence-electron chi connectivity index (χ0n) is 8.29. The molecule has 0 unspecified atom stereocenters. The summed E-state index contributed by atoms with van der Waals surface area (Å²) in [5, 5.41) is 2.14. The van der Waals surface area contributed by atoms with Crippen molar-refractivity contribution in [2.45, 2.75) is 26.7 Å². The van der Waals surface area contributed by atoms with Gasteiger partial charge in [0, 0.05) is 4.88 Å². The van der Waals surface area contributed by atoms with E-state index < -0.39 is 0 Å². The Bertz CT molecular complexity index is 269. The van der Waals surface area contributed by atoms with E-state index in [0.717, 1.165) is 12.8 Å². The maximum atomic E-state index is 2.30. The third kappa shape index (κ3) is 3.60. The van der Waals surface area contributed by atoms with Crippen molar-refractivity contribution < 1.29 is 0 Å². The van der Waals surface area contributed by atoms with Crippen molar-refractivity contribution in [2.75, 3.05) is 0 Å². The lowest BCUT2D eigenvalue weighted by Gasteiger charge is -1.93. The topological polar surface area (TPSA) is 0 Å². The third-order valence-electron chi connectivity index (χ3n) is 1.93.